The van der Waals surface area contributed by atoms with Gasteiger partial charge in [-0.1, -0.05) is 0 Å². The zero-order valence-corrected chi connectivity index (χ0v) is 12.0. The van der Waals surface area contributed by atoms with Crippen molar-refractivity contribution in [2.45, 2.75) is 25.9 Å². The summed E-state index contributed by atoms with van der Waals surface area (Å²) in [6.45, 7) is 5.25. The Hall–Kier alpha value is -1.11. The van der Waals surface area contributed by atoms with Crippen LogP contribution in [0.3, 0.4) is 0 Å². The molecule has 1 aliphatic rings. The second kappa shape index (κ2) is 6.88. The molecule has 0 spiro atoms. The van der Waals surface area contributed by atoms with E-state index >= 15 is 0 Å². The van der Waals surface area contributed by atoms with Crippen LogP contribution in [0, 0.1) is 0 Å². The fourth-order valence-corrected chi connectivity index (χ4v) is 3.04. The van der Waals surface area contributed by atoms with Gasteiger partial charge in [0.2, 0.25) is 0 Å². The third-order valence-corrected chi connectivity index (χ3v) is 4.27. The van der Waals surface area contributed by atoms with E-state index < -0.39 is 0 Å². The molecule has 1 aromatic heterocycles. The van der Waals surface area contributed by atoms with Gasteiger partial charge in [-0.3, -0.25) is 4.90 Å². The van der Waals surface area contributed by atoms with Gasteiger partial charge in [-0.05, 0) is 30.4 Å². The van der Waals surface area contributed by atoms with Crippen LogP contribution in [0.25, 0.3) is 0 Å². The molecule has 6 heteroatoms. The average molecular weight is 283 g/mol. The van der Waals surface area contributed by atoms with Gasteiger partial charge >= 0.3 is 6.03 Å². The fraction of sp³-hybridized carbons (Fsp3) is 0.615. The van der Waals surface area contributed by atoms with E-state index in [1.807, 2.05) is 11.3 Å². The Balaban J connectivity index is 1.66. The third-order valence-electron chi connectivity index (χ3n) is 3.25. The first-order chi connectivity index (χ1) is 9.19. The number of hydrogen-bond donors (Lipinski definition) is 3. The maximum absolute atomic E-state index is 11.5. The van der Waals surface area contributed by atoms with E-state index in [1.165, 1.54) is 10.4 Å². The summed E-state index contributed by atoms with van der Waals surface area (Å²) in [5.74, 6) is 0. The highest BCUT2D eigenvalue weighted by molar-refractivity contribution is 7.10. The normalized spacial score (nSPS) is 16.7. The molecule has 106 valence electrons. The smallest absolute Gasteiger partial charge is 0.315 e. The second-order valence-corrected chi connectivity index (χ2v) is 5.88. The Morgan fingerprint density at radius 3 is 3.26 bits per heavy atom. The molecule has 0 saturated carbocycles. The van der Waals surface area contributed by atoms with Crippen LogP contribution in [0.2, 0.25) is 0 Å². The minimum absolute atomic E-state index is 0.0412. The van der Waals surface area contributed by atoms with E-state index in [-0.39, 0.29) is 18.7 Å². The van der Waals surface area contributed by atoms with E-state index in [0.717, 1.165) is 26.1 Å². The summed E-state index contributed by atoms with van der Waals surface area (Å²) in [7, 11) is 0. The van der Waals surface area contributed by atoms with Crippen molar-refractivity contribution in [3.8, 4) is 0 Å². The molecule has 2 rings (SSSR count). The Kier molecular flexibility index (Phi) is 5.18. The van der Waals surface area contributed by atoms with Crippen LogP contribution in [0.4, 0.5) is 4.79 Å². The lowest BCUT2D eigenvalue weighted by atomic mass is 10.1. The van der Waals surface area contributed by atoms with Gasteiger partial charge in [0.05, 0.1) is 12.6 Å². The molecular formula is C13H21N3O2S. The van der Waals surface area contributed by atoms with E-state index in [1.54, 1.807) is 6.92 Å². The lowest BCUT2D eigenvalue weighted by molar-refractivity contribution is 0.215. The van der Waals surface area contributed by atoms with E-state index in [0.29, 0.717) is 6.54 Å². The topological polar surface area (TPSA) is 64.6 Å². The van der Waals surface area contributed by atoms with Gasteiger partial charge < -0.3 is 15.7 Å². The standard InChI is InChI=1S/C13H21N3O2S/c1-10(9-17)15-13(18)14-4-6-16-5-2-12-11(8-16)3-7-19-12/h3,7,10,17H,2,4-6,8-9H2,1H3,(H2,14,15,18). The molecule has 0 aliphatic carbocycles. The number of aliphatic hydroxyl groups is 1. The lowest BCUT2D eigenvalue weighted by Crippen LogP contribution is -2.45. The average Bonchev–Trinajstić information content (AvgIpc) is 2.86. The van der Waals surface area contributed by atoms with Gasteiger partial charge in [-0.15, -0.1) is 11.3 Å². The predicted molar refractivity (Wildman–Crippen MR) is 76.4 cm³/mol. The van der Waals surface area contributed by atoms with Crippen molar-refractivity contribution < 1.29 is 9.90 Å². The Bertz CT molecular complexity index is 422. The summed E-state index contributed by atoms with van der Waals surface area (Å²) in [5.41, 5.74) is 1.43. The molecule has 0 saturated heterocycles. The first-order valence-electron chi connectivity index (χ1n) is 6.62. The lowest BCUT2D eigenvalue weighted by Gasteiger charge is -2.26. The van der Waals surface area contributed by atoms with Gasteiger partial charge in [-0.25, -0.2) is 4.79 Å². The highest BCUT2D eigenvalue weighted by atomic mass is 32.1. The molecule has 5 nitrogen and oxygen atoms in total. The molecule has 3 N–H and O–H groups in total. The van der Waals surface area contributed by atoms with Gasteiger partial charge in [0, 0.05) is 31.1 Å². The summed E-state index contributed by atoms with van der Waals surface area (Å²) in [5, 5.41) is 16.5. The molecule has 1 aliphatic heterocycles. The van der Waals surface area contributed by atoms with Crippen LogP contribution in [-0.4, -0.2) is 48.3 Å². The molecule has 0 aromatic carbocycles. The number of nitrogens with one attached hydrogen (secondary N) is 2. The summed E-state index contributed by atoms with van der Waals surface area (Å²) in [6, 6.07) is 1.77. The first-order valence-corrected chi connectivity index (χ1v) is 7.50. The zero-order chi connectivity index (χ0) is 13.7. The van der Waals surface area contributed by atoms with Gasteiger partial charge in [0.15, 0.2) is 0 Å². The number of fused-ring (bicyclic) bond motifs is 1. The van der Waals surface area contributed by atoms with Gasteiger partial charge in [-0.2, -0.15) is 0 Å². The van der Waals surface area contributed by atoms with Crippen molar-refractivity contribution in [1.82, 2.24) is 15.5 Å². The van der Waals surface area contributed by atoms with Gasteiger partial charge in [0.1, 0.15) is 0 Å². The molecule has 0 fully saturated rings. The molecule has 1 aromatic rings. The second-order valence-electron chi connectivity index (χ2n) is 4.88. The molecule has 2 amide bonds. The maximum atomic E-state index is 11.5. The SMILES string of the molecule is CC(CO)NC(=O)NCCN1CCc2sccc2C1. The van der Waals surface area contributed by atoms with Crippen molar-refractivity contribution in [3.63, 3.8) is 0 Å². The van der Waals surface area contributed by atoms with Crippen molar-refractivity contribution >= 4 is 17.4 Å². The molecule has 2 heterocycles. The number of carbonyl (C=O) groups excluding carboxylic acids is 1. The Morgan fingerprint density at radius 2 is 2.47 bits per heavy atom. The number of amides is 2. The zero-order valence-electron chi connectivity index (χ0n) is 11.2. The molecule has 1 atom stereocenters. The summed E-state index contributed by atoms with van der Waals surface area (Å²) in [6.07, 6.45) is 1.11. The van der Waals surface area contributed by atoms with Crippen LogP contribution in [0.15, 0.2) is 11.4 Å². The van der Waals surface area contributed by atoms with Gasteiger partial charge in [0.25, 0.3) is 0 Å². The number of thiophene rings is 1. The fourth-order valence-electron chi connectivity index (χ4n) is 2.15. The predicted octanol–water partition coefficient (Wildman–Crippen LogP) is 0.786. The van der Waals surface area contributed by atoms with Crippen molar-refractivity contribution in [2.24, 2.45) is 0 Å². The minimum Gasteiger partial charge on any atom is -0.394 e. The van der Waals surface area contributed by atoms with Crippen LogP contribution in [0.1, 0.15) is 17.4 Å². The van der Waals surface area contributed by atoms with Crippen LogP contribution < -0.4 is 10.6 Å². The highest BCUT2D eigenvalue weighted by Crippen LogP contribution is 2.23. The summed E-state index contributed by atoms with van der Waals surface area (Å²) < 4.78 is 0. The quantitative estimate of drug-likeness (QED) is 0.748. The number of carbonyl (C=O) groups is 1. The Morgan fingerprint density at radius 1 is 1.63 bits per heavy atom. The van der Waals surface area contributed by atoms with E-state index in [9.17, 15) is 4.79 Å². The molecule has 0 radical (unpaired) electrons. The van der Waals surface area contributed by atoms with Crippen molar-refractivity contribution in [1.29, 1.82) is 0 Å². The maximum Gasteiger partial charge on any atom is 0.315 e. The van der Waals surface area contributed by atoms with E-state index in [4.69, 9.17) is 5.11 Å². The largest absolute Gasteiger partial charge is 0.394 e. The molecule has 19 heavy (non-hydrogen) atoms. The molecule has 0 bridgehead atoms. The number of urea groups is 1. The summed E-state index contributed by atoms with van der Waals surface area (Å²) >= 11 is 1.84. The van der Waals surface area contributed by atoms with Crippen LogP contribution >= 0.6 is 11.3 Å². The van der Waals surface area contributed by atoms with Crippen LogP contribution in [-0.2, 0) is 13.0 Å². The van der Waals surface area contributed by atoms with Crippen molar-refractivity contribution in [2.75, 3.05) is 26.2 Å². The third kappa shape index (κ3) is 4.19. The minimum atomic E-state index is -0.213. The number of aliphatic hydroxyl groups excluding tert-OH is 1. The first kappa shape index (κ1) is 14.3. The number of rotatable bonds is 5. The number of hydrogen-bond acceptors (Lipinski definition) is 4. The monoisotopic (exact) mass is 283 g/mol. The summed E-state index contributed by atoms with van der Waals surface area (Å²) in [4.78, 5) is 15.3. The van der Waals surface area contributed by atoms with Crippen molar-refractivity contribution in [3.05, 3.63) is 21.9 Å². The number of nitrogens with zero attached hydrogens (tertiary/aromatic N) is 1. The van der Waals surface area contributed by atoms with Crippen LogP contribution in [0.5, 0.6) is 0 Å². The molecular weight excluding hydrogens is 262 g/mol. The molecule has 1 unspecified atom stereocenters. The van der Waals surface area contributed by atoms with E-state index in [2.05, 4.69) is 27.0 Å². The Labute approximate surface area is 117 Å². The highest BCUT2D eigenvalue weighted by Gasteiger charge is 2.16.